The quantitative estimate of drug-likeness (QED) is 0.497. The van der Waals surface area contributed by atoms with Crippen LogP contribution in [0.5, 0.6) is 5.75 Å². The van der Waals surface area contributed by atoms with Gasteiger partial charge >= 0.3 is 0 Å². The summed E-state index contributed by atoms with van der Waals surface area (Å²) in [6.45, 7) is 0.214. The fourth-order valence-electron chi connectivity index (χ4n) is 3.34. The molecule has 1 unspecified atom stereocenters. The lowest BCUT2D eigenvalue weighted by atomic mass is 10.1. The molecule has 0 saturated carbocycles. The number of sulfonamides is 1. The van der Waals surface area contributed by atoms with Crippen molar-refractivity contribution in [2.24, 2.45) is 0 Å². The summed E-state index contributed by atoms with van der Waals surface area (Å²) in [5.41, 5.74) is 1.20. The van der Waals surface area contributed by atoms with Crippen LogP contribution in [0.15, 0.2) is 77.7 Å². The predicted octanol–water partition coefficient (Wildman–Crippen LogP) is 3.67. The van der Waals surface area contributed by atoms with Crippen LogP contribution in [0.2, 0.25) is 0 Å². The van der Waals surface area contributed by atoms with Crippen molar-refractivity contribution in [3.63, 3.8) is 0 Å². The molecule has 0 aromatic heterocycles. The number of amides is 1. The lowest BCUT2D eigenvalue weighted by Gasteiger charge is -2.25. The van der Waals surface area contributed by atoms with Crippen LogP contribution in [0.4, 0.5) is 10.1 Å². The van der Waals surface area contributed by atoms with Gasteiger partial charge in [-0.25, -0.2) is 12.8 Å². The predicted molar refractivity (Wildman–Crippen MR) is 125 cm³/mol. The van der Waals surface area contributed by atoms with E-state index in [4.69, 9.17) is 4.74 Å². The molecule has 0 fully saturated rings. The molecular weight excluding hydrogens is 445 g/mol. The molecule has 0 heterocycles. The van der Waals surface area contributed by atoms with Crippen molar-refractivity contribution < 1.29 is 22.3 Å². The number of rotatable bonds is 9. The zero-order chi connectivity index (χ0) is 24.0. The third-order valence-electron chi connectivity index (χ3n) is 5.07. The highest BCUT2D eigenvalue weighted by atomic mass is 32.2. The van der Waals surface area contributed by atoms with E-state index in [-0.39, 0.29) is 28.9 Å². The molecule has 33 heavy (non-hydrogen) atoms. The number of methoxy groups -OCH3 is 1. The molecule has 3 aromatic carbocycles. The van der Waals surface area contributed by atoms with Gasteiger partial charge in [-0.1, -0.05) is 30.3 Å². The molecule has 174 valence electrons. The maximum Gasteiger partial charge on any atom is 0.262 e. The average Bonchev–Trinajstić information content (AvgIpc) is 2.79. The van der Waals surface area contributed by atoms with Gasteiger partial charge in [0.2, 0.25) is 0 Å². The Hall–Kier alpha value is -3.43. The third-order valence-corrected chi connectivity index (χ3v) is 6.43. The largest absolute Gasteiger partial charge is 0.495 e. The first kappa shape index (κ1) is 24.2. The second kappa shape index (κ2) is 10.5. The minimum Gasteiger partial charge on any atom is -0.495 e. The smallest absolute Gasteiger partial charge is 0.262 e. The van der Waals surface area contributed by atoms with Gasteiger partial charge in [0.15, 0.2) is 0 Å². The summed E-state index contributed by atoms with van der Waals surface area (Å²) in [5, 5.41) is 2.81. The summed E-state index contributed by atoms with van der Waals surface area (Å²) in [6.07, 6.45) is 0. The van der Waals surface area contributed by atoms with Crippen LogP contribution in [-0.2, 0) is 10.0 Å². The van der Waals surface area contributed by atoms with Crippen molar-refractivity contribution in [1.82, 2.24) is 10.2 Å². The molecule has 3 aromatic rings. The molecule has 9 heteroatoms. The molecule has 0 aliphatic heterocycles. The molecule has 1 amide bonds. The van der Waals surface area contributed by atoms with Gasteiger partial charge < -0.3 is 15.0 Å². The molecule has 0 aliphatic rings. The number of ether oxygens (including phenoxy) is 1. The summed E-state index contributed by atoms with van der Waals surface area (Å²) < 4.78 is 47.1. The van der Waals surface area contributed by atoms with E-state index < -0.39 is 15.9 Å². The maximum atomic E-state index is 13.6. The van der Waals surface area contributed by atoms with Crippen molar-refractivity contribution in [2.75, 3.05) is 32.5 Å². The highest BCUT2D eigenvalue weighted by molar-refractivity contribution is 7.92. The van der Waals surface area contributed by atoms with Crippen LogP contribution >= 0.6 is 0 Å². The lowest BCUT2D eigenvalue weighted by Crippen LogP contribution is -2.34. The zero-order valence-electron chi connectivity index (χ0n) is 18.6. The number of hydrogen-bond acceptors (Lipinski definition) is 5. The number of likely N-dealkylation sites (N-methyl/N-ethyl adjacent to an activating group) is 1. The van der Waals surface area contributed by atoms with Crippen LogP contribution < -0.4 is 14.8 Å². The van der Waals surface area contributed by atoms with Gasteiger partial charge in [0, 0.05) is 12.1 Å². The van der Waals surface area contributed by atoms with Crippen molar-refractivity contribution in [1.29, 1.82) is 0 Å². The van der Waals surface area contributed by atoms with E-state index in [9.17, 15) is 17.6 Å². The fraction of sp³-hybridized carbons (Fsp3) is 0.208. The number of anilines is 1. The van der Waals surface area contributed by atoms with E-state index in [0.29, 0.717) is 11.4 Å². The van der Waals surface area contributed by atoms with Gasteiger partial charge in [0.25, 0.3) is 15.9 Å². The fourth-order valence-corrected chi connectivity index (χ4v) is 4.46. The Kier molecular flexibility index (Phi) is 7.67. The zero-order valence-corrected chi connectivity index (χ0v) is 19.4. The van der Waals surface area contributed by atoms with Gasteiger partial charge in [-0.15, -0.1) is 0 Å². The van der Waals surface area contributed by atoms with E-state index in [0.717, 1.165) is 5.56 Å². The molecule has 2 N–H and O–H groups in total. The van der Waals surface area contributed by atoms with Crippen molar-refractivity contribution in [2.45, 2.75) is 10.9 Å². The highest BCUT2D eigenvalue weighted by Gasteiger charge is 2.20. The number of para-hydroxylation sites is 2. The summed E-state index contributed by atoms with van der Waals surface area (Å²) in [6, 6.07) is 18.3. The Balaban J connectivity index is 1.76. The van der Waals surface area contributed by atoms with Crippen molar-refractivity contribution >= 4 is 21.6 Å². The number of nitrogens with zero attached hydrogens (tertiary/aromatic N) is 1. The number of hydrogen-bond donors (Lipinski definition) is 2. The topological polar surface area (TPSA) is 87.7 Å². The lowest BCUT2D eigenvalue weighted by molar-refractivity contribution is 0.0941. The van der Waals surface area contributed by atoms with Crippen LogP contribution in [0.25, 0.3) is 0 Å². The molecule has 0 spiro atoms. The van der Waals surface area contributed by atoms with Gasteiger partial charge in [-0.3, -0.25) is 9.52 Å². The van der Waals surface area contributed by atoms with Crippen LogP contribution in [0.3, 0.4) is 0 Å². The van der Waals surface area contributed by atoms with Crippen LogP contribution in [-0.4, -0.2) is 47.0 Å². The molecule has 0 saturated heterocycles. The van der Waals surface area contributed by atoms with Gasteiger partial charge in [-0.05, 0) is 62.1 Å². The standard InChI is InChI=1S/C24H26FN3O4S/c1-28(2)22(17-8-6-10-19(25)14-17)16-26-24(29)18-9-7-11-20(15-18)33(30,31)27-21-12-4-5-13-23(21)32-3/h4-15,22,27H,16H2,1-3H3,(H,26,29). The van der Waals surface area contributed by atoms with E-state index in [1.807, 2.05) is 19.0 Å². The Bertz CT molecular complexity index is 1230. The second-order valence-electron chi connectivity index (χ2n) is 7.58. The van der Waals surface area contributed by atoms with E-state index in [2.05, 4.69) is 10.0 Å². The first-order chi connectivity index (χ1) is 15.7. The van der Waals surface area contributed by atoms with Crippen LogP contribution in [0, 0.1) is 5.82 Å². The molecule has 0 radical (unpaired) electrons. The number of carbonyl (C=O) groups is 1. The Morgan fingerprint density at radius 3 is 2.45 bits per heavy atom. The SMILES string of the molecule is COc1ccccc1NS(=O)(=O)c1cccc(C(=O)NCC(c2cccc(F)c2)N(C)C)c1. The minimum absolute atomic E-state index is 0.0599. The van der Waals surface area contributed by atoms with E-state index in [1.165, 1.54) is 43.5 Å². The monoisotopic (exact) mass is 471 g/mol. The molecular formula is C24H26FN3O4S. The number of carbonyl (C=O) groups excluding carboxylic acids is 1. The van der Waals surface area contributed by atoms with Gasteiger partial charge in [0.05, 0.1) is 23.7 Å². The first-order valence-electron chi connectivity index (χ1n) is 10.2. The summed E-state index contributed by atoms with van der Waals surface area (Å²) in [5.74, 6) is -0.416. The summed E-state index contributed by atoms with van der Waals surface area (Å²) >= 11 is 0. The van der Waals surface area contributed by atoms with Gasteiger partial charge in [-0.2, -0.15) is 0 Å². The van der Waals surface area contributed by atoms with E-state index >= 15 is 0 Å². The highest BCUT2D eigenvalue weighted by Crippen LogP contribution is 2.26. The normalized spacial score (nSPS) is 12.3. The Labute approximate surface area is 193 Å². The summed E-state index contributed by atoms with van der Waals surface area (Å²) in [7, 11) is 1.16. The summed E-state index contributed by atoms with van der Waals surface area (Å²) in [4.78, 5) is 14.6. The van der Waals surface area contributed by atoms with Crippen molar-refractivity contribution in [3.8, 4) is 5.75 Å². The minimum atomic E-state index is -3.95. The van der Waals surface area contributed by atoms with E-state index in [1.54, 1.807) is 36.4 Å². The third kappa shape index (κ3) is 6.09. The maximum absolute atomic E-state index is 13.6. The van der Waals surface area contributed by atoms with Crippen LogP contribution in [0.1, 0.15) is 22.0 Å². The molecule has 7 nitrogen and oxygen atoms in total. The number of halogens is 1. The molecule has 3 rings (SSSR count). The number of benzene rings is 3. The first-order valence-corrected chi connectivity index (χ1v) is 11.7. The average molecular weight is 472 g/mol. The second-order valence-corrected chi connectivity index (χ2v) is 9.26. The molecule has 0 bridgehead atoms. The van der Waals surface area contributed by atoms with Crippen molar-refractivity contribution in [3.05, 3.63) is 89.7 Å². The Morgan fingerprint density at radius 2 is 1.76 bits per heavy atom. The Morgan fingerprint density at radius 1 is 1.03 bits per heavy atom. The molecule has 0 aliphatic carbocycles. The van der Waals surface area contributed by atoms with Gasteiger partial charge in [0.1, 0.15) is 11.6 Å². The molecule has 1 atom stereocenters. The number of nitrogens with one attached hydrogen (secondary N) is 2.